The number of carbonyl (C=O) groups is 1. The topological polar surface area (TPSA) is 79.5 Å². The van der Waals surface area contributed by atoms with Gasteiger partial charge in [0.1, 0.15) is 6.04 Å². The normalized spacial score (nSPS) is 29.0. The van der Waals surface area contributed by atoms with Crippen LogP contribution in [-0.4, -0.2) is 38.7 Å². The largest absolute Gasteiger partial charge is 0.391 e. The van der Waals surface area contributed by atoms with Gasteiger partial charge >= 0.3 is 0 Å². The summed E-state index contributed by atoms with van der Waals surface area (Å²) in [4.78, 5) is 18.8. The number of benzene rings is 1. The van der Waals surface area contributed by atoms with Crippen molar-refractivity contribution in [2.75, 3.05) is 6.54 Å². The second kappa shape index (κ2) is 5.86. The molecule has 1 N–H and O–H groups in total. The summed E-state index contributed by atoms with van der Waals surface area (Å²) < 4.78 is 5.22. The van der Waals surface area contributed by atoms with Gasteiger partial charge in [-0.2, -0.15) is 4.98 Å². The van der Waals surface area contributed by atoms with Crippen LogP contribution in [0.2, 0.25) is 5.02 Å². The van der Waals surface area contributed by atoms with Crippen molar-refractivity contribution in [2.45, 2.75) is 37.8 Å². The number of carbonyl (C=O) groups excluding carboxylic acids is 1. The molecule has 0 radical (unpaired) electrons. The fourth-order valence-corrected chi connectivity index (χ4v) is 3.82. The Morgan fingerprint density at radius 2 is 2.17 bits per heavy atom. The van der Waals surface area contributed by atoms with Gasteiger partial charge in [-0.05, 0) is 30.9 Å². The number of hydrogen-bond acceptors (Lipinski definition) is 5. The maximum absolute atomic E-state index is 12.9. The van der Waals surface area contributed by atoms with E-state index < -0.39 is 6.10 Å². The van der Waals surface area contributed by atoms with E-state index in [1.54, 1.807) is 11.8 Å². The maximum atomic E-state index is 12.9. The van der Waals surface area contributed by atoms with Crippen LogP contribution in [0.25, 0.3) is 0 Å². The Labute approximate surface area is 144 Å². The van der Waals surface area contributed by atoms with E-state index in [1.807, 2.05) is 24.3 Å². The highest BCUT2D eigenvalue weighted by Gasteiger charge is 2.50. The number of β-amino-alcohol motifs (C(OH)–C–C–N with tert-alkyl or cyclic N) is 1. The number of nitrogens with zero attached hydrogens (tertiary/aromatic N) is 3. The Hall–Kier alpha value is -1.92. The lowest BCUT2D eigenvalue weighted by atomic mass is 10.1. The first-order valence-corrected chi connectivity index (χ1v) is 8.45. The standard InChI is InChI=1S/C17H18ClN3O3/c1-9-19-16(24-20-9)15-6-10(22)8-21(15)17(23)13-7-12(13)11-4-2-3-5-14(11)18/h2-5,10,12-13,15,22H,6-8H2,1H3/t10-,12+,13-,15-/m1/s1. The summed E-state index contributed by atoms with van der Waals surface area (Å²) in [5.74, 6) is 1.000. The summed E-state index contributed by atoms with van der Waals surface area (Å²) in [5.41, 5.74) is 1.02. The van der Waals surface area contributed by atoms with E-state index in [0.29, 0.717) is 29.7 Å². The van der Waals surface area contributed by atoms with Crippen LogP contribution in [0.4, 0.5) is 0 Å². The van der Waals surface area contributed by atoms with Crippen LogP contribution in [0.3, 0.4) is 0 Å². The molecule has 2 fully saturated rings. The number of hydrogen-bond donors (Lipinski definition) is 1. The number of amides is 1. The molecule has 1 aromatic carbocycles. The summed E-state index contributed by atoms with van der Waals surface area (Å²) >= 11 is 6.24. The van der Waals surface area contributed by atoms with Crippen molar-refractivity contribution in [3.05, 3.63) is 46.6 Å². The number of likely N-dealkylation sites (tertiary alicyclic amines) is 1. The van der Waals surface area contributed by atoms with Crippen molar-refractivity contribution in [2.24, 2.45) is 5.92 Å². The second-order valence-corrected chi connectivity index (χ2v) is 6.95. The van der Waals surface area contributed by atoms with Gasteiger partial charge in [0.05, 0.1) is 6.10 Å². The van der Waals surface area contributed by atoms with Crippen LogP contribution < -0.4 is 0 Å². The predicted octanol–water partition coefficient (Wildman–Crippen LogP) is 2.47. The highest BCUT2D eigenvalue weighted by atomic mass is 35.5. The summed E-state index contributed by atoms with van der Waals surface area (Å²) in [5, 5.41) is 14.5. The van der Waals surface area contributed by atoms with Crippen LogP contribution >= 0.6 is 11.6 Å². The molecule has 7 heteroatoms. The maximum Gasteiger partial charge on any atom is 0.249 e. The Morgan fingerprint density at radius 3 is 2.88 bits per heavy atom. The zero-order valence-corrected chi connectivity index (χ0v) is 14.0. The molecule has 1 amide bonds. The Bertz CT molecular complexity index is 778. The van der Waals surface area contributed by atoms with Gasteiger partial charge in [-0.3, -0.25) is 4.79 Å². The van der Waals surface area contributed by atoms with Gasteiger partial charge in [0.25, 0.3) is 0 Å². The Balaban J connectivity index is 1.53. The number of aliphatic hydroxyl groups excluding tert-OH is 1. The summed E-state index contributed by atoms with van der Waals surface area (Å²) in [6.07, 6.45) is 0.644. The highest BCUT2D eigenvalue weighted by Crippen LogP contribution is 2.51. The third-order valence-electron chi connectivity index (χ3n) is 4.80. The van der Waals surface area contributed by atoms with Crippen molar-refractivity contribution < 1.29 is 14.4 Å². The van der Waals surface area contributed by atoms with Crippen LogP contribution in [0.15, 0.2) is 28.8 Å². The lowest BCUT2D eigenvalue weighted by molar-refractivity contribution is -0.134. The highest BCUT2D eigenvalue weighted by molar-refractivity contribution is 6.31. The first-order chi connectivity index (χ1) is 11.5. The van der Waals surface area contributed by atoms with E-state index in [4.69, 9.17) is 16.1 Å². The fraction of sp³-hybridized carbons (Fsp3) is 0.471. The van der Waals surface area contributed by atoms with E-state index in [2.05, 4.69) is 10.1 Å². The number of aryl methyl sites for hydroxylation is 1. The summed E-state index contributed by atoms with van der Waals surface area (Å²) in [6, 6.07) is 7.29. The van der Waals surface area contributed by atoms with Crippen molar-refractivity contribution in [3.63, 3.8) is 0 Å². The molecule has 0 bridgehead atoms. The van der Waals surface area contributed by atoms with E-state index in [-0.39, 0.29) is 23.8 Å². The van der Waals surface area contributed by atoms with Crippen LogP contribution in [0.5, 0.6) is 0 Å². The molecule has 4 atom stereocenters. The molecule has 1 saturated carbocycles. The van der Waals surface area contributed by atoms with Gasteiger partial charge in [0.2, 0.25) is 11.8 Å². The van der Waals surface area contributed by atoms with Crippen molar-refractivity contribution in [1.82, 2.24) is 15.0 Å². The molecule has 4 rings (SSSR count). The lowest BCUT2D eigenvalue weighted by Crippen LogP contribution is -2.33. The van der Waals surface area contributed by atoms with Gasteiger partial charge in [-0.1, -0.05) is 35.0 Å². The molecule has 0 spiro atoms. The van der Waals surface area contributed by atoms with Gasteiger partial charge in [0.15, 0.2) is 5.82 Å². The van der Waals surface area contributed by atoms with Crippen LogP contribution in [-0.2, 0) is 4.79 Å². The first-order valence-electron chi connectivity index (χ1n) is 8.07. The monoisotopic (exact) mass is 347 g/mol. The number of rotatable bonds is 3. The molecule has 1 saturated heterocycles. The molecule has 1 aliphatic carbocycles. The minimum absolute atomic E-state index is 0.0253. The second-order valence-electron chi connectivity index (χ2n) is 6.55. The first kappa shape index (κ1) is 15.6. The average Bonchev–Trinajstić information content (AvgIpc) is 3.07. The zero-order valence-electron chi connectivity index (χ0n) is 13.2. The molecule has 1 aromatic heterocycles. The van der Waals surface area contributed by atoms with Crippen LogP contribution in [0.1, 0.15) is 42.1 Å². The fourth-order valence-electron chi connectivity index (χ4n) is 3.54. The van der Waals surface area contributed by atoms with Crippen molar-refractivity contribution in [3.8, 4) is 0 Å². The van der Waals surface area contributed by atoms with E-state index in [1.165, 1.54) is 0 Å². The number of aromatic nitrogens is 2. The lowest BCUT2D eigenvalue weighted by Gasteiger charge is -2.21. The van der Waals surface area contributed by atoms with Gasteiger partial charge in [-0.25, -0.2) is 0 Å². The molecule has 1 aliphatic heterocycles. The molecule has 2 aromatic rings. The molecule has 0 unspecified atom stereocenters. The van der Waals surface area contributed by atoms with Crippen molar-refractivity contribution >= 4 is 17.5 Å². The third kappa shape index (κ3) is 2.70. The van der Waals surface area contributed by atoms with E-state index in [9.17, 15) is 9.90 Å². The minimum atomic E-state index is -0.566. The number of halogens is 1. The molecular weight excluding hydrogens is 330 g/mol. The quantitative estimate of drug-likeness (QED) is 0.922. The summed E-state index contributed by atoms with van der Waals surface area (Å²) in [6.45, 7) is 2.04. The van der Waals surface area contributed by atoms with Gasteiger partial charge in [-0.15, -0.1) is 0 Å². The molecule has 2 heterocycles. The Morgan fingerprint density at radius 1 is 1.38 bits per heavy atom. The molecule has 6 nitrogen and oxygen atoms in total. The third-order valence-corrected chi connectivity index (χ3v) is 5.15. The molecule has 24 heavy (non-hydrogen) atoms. The smallest absolute Gasteiger partial charge is 0.249 e. The molecule has 126 valence electrons. The minimum Gasteiger partial charge on any atom is -0.391 e. The Kier molecular flexibility index (Phi) is 3.81. The van der Waals surface area contributed by atoms with Gasteiger partial charge < -0.3 is 14.5 Å². The van der Waals surface area contributed by atoms with Crippen LogP contribution in [0, 0.1) is 12.8 Å². The van der Waals surface area contributed by atoms with Gasteiger partial charge in [0, 0.05) is 23.9 Å². The van der Waals surface area contributed by atoms with E-state index in [0.717, 1.165) is 12.0 Å². The number of aliphatic hydroxyl groups is 1. The predicted molar refractivity (Wildman–Crippen MR) is 86.4 cm³/mol. The average molecular weight is 348 g/mol. The SMILES string of the molecule is Cc1noc([C@H]2C[C@@H](O)CN2C(=O)[C@@H]2C[C@H]2c2ccccc2Cl)n1. The van der Waals surface area contributed by atoms with Crippen molar-refractivity contribution in [1.29, 1.82) is 0 Å². The molecular formula is C17H18ClN3O3. The summed E-state index contributed by atoms with van der Waals surface area (Å²) in [7, 11) is 0. The molecule has 2 aliphatic rings. The van der Waals surface area contributed by atoms with E-state index >= 15 is 0 Å². The zero-order chi connectivity index (χ0) is 16.8.